The van der Waals surface area contributed by atoms with Crippen molar-refractivity contribution >= 4 is 17.6 Å². The maximum absolute atomic E-state index is 12.3. The predicted molar refractivity (Wildman–Crippen MR) is 90.3 cm³/mol. The van der Waals surface area contributed by atoms with Crippen LogP contribution in [0.15, 0.2) is 18.2 Å². The van der Waals surface area contributed by atoms with Gasteiger partial charge >= 0.3 is 5.97 Å². The van der Waals surface area contributed by atoms with Gasteiger partial charge in [0.1, 0.15) is 0 Å². The molecule has 1 fully saturated rings. The van der Waals surface area contributed by atoms with E-state index in [0.717, 1.165) is 16.8 Å². The van der Waals surface area contributed by atoms with Crippen molar-refractivity contribution in [2.75, 3.05) is 31.6 Å². The Kier molecular flexibility index (Phi) is 6.02. The van der Waals surface area contributed by atoms with Crippen LogP contribution in [0.1, 0.15) is 30.9 Å². The van der Waals surface area contributed by atoms with Gasteiger partial charge in [-0.05, 0) is 44.7 Å². The Labute approximate surface area is 138 Å². The molecule has 5 nitrogen and oxygen atoms in total. The van der Waals surface area contributed by atoms with Gasteiger partial charge in [0, 0.05) is 18.8 Å². The van der Waals surface area contributed by atoms with E-state index in [2.05, 4.69) is 5.32 Å². The van der Waals surface area contributed by atoms with Crippen molar-refractivity contribution in [1.29, 1.82) is 0 Å². The average molecular weight is 318 g/mol. The second kappa shape index (κ2) is 7.99. The van der Waals surface area contributed by atoms with E-state index in [1.165, 1.54) is 0 Å². The normalized spacial score (nSPS) is 15.3. The number of para-hydroxylation sites is 1. The third-order valence-electron chi connectivity index (χ3n) is 4.37. The van der Waals surface area contributed by atoms with E-state index >= 15 is 0 Å². The van der Waals surface area contributed by atoms with Crippen molar-refractivity contribution in [2.24, 2.45) is 5.92 Å². The number of carbonyl (C=O) groups excluding carboxylic acids is 2. The van der Waals surface area contributed by atoms with E-state index in [1.807, 2.05) is 43.9 Å². The smallest absolute Gasteiger partial charge is 0.309 e. The number of amides is 1. The number of anilines is 1. The number of hydrogen-bond acceptors (Lipinski definition) is 4. The molecule has 1 amide bonds. The summed E-state index contributed by atoms with van der Waals surface area (Å²) in [7, 11) is 0. The van der Waals surface area contributed by atoms with Crippen molar-refractivity contribution < 1.29 is 14.3 Å². The molecule has 0 atom stereocenters. The van der Waals surface area contributed by atoms with Crippen molar-refractivity contribution in [3.63, 3.8) is 0 Å². The van der Waals surface area contributed by atoms with Gasteiger partial charge in [0.15, 0.2) is 0 Å². The van der Waals surface area contributed by atoms with E-state index in [-0.39, 0.29) is 24.3 Å². The molecule has 0 unspecified atom stereocenters. The lowest BCUT2D eigenvalue weighted by atomic mass is 9.97. The van der Waals surface area contributed by atoms with E-state index < -0.39 is 0 Å². The summed E-state index contributed by atoms with van der Waals surface area (Å²) < 4.78 is 5.05. The Balaban J connectivity index is 1.83. The number of esters is 1. The molecule has 2 rings (SSSR count). The number of benzene rings is 1. The summed E-state index contributed by atoms with van der Waals surface area (Å²) in [6, 6.07) is 6.08. The van der Waals surface area contributed by atoms with Crippen LogP contribution in [0.5, 0.6) is 0 Å². The molecular formula is C18H26N2O3. The number of ether oxygens (including phenoxy) is 1. The number of carbonyl (C=O) groups is 2. The first-order valence-corrected chi connectivity index (χ1v) is 8.27. The van der Waals surface area contributed by atoms with E-state index in [1.54, 1.807) is 0 Å². The van der Waals surface area contributed by atoms with Gasteiger partial charge in [-0.15, -0.1) is 0 Å². The van der Waals surface area contributed by atoms with E-state index in [0.29, 0.717) is 32.5 Å². The Hall–Kier alpha value is -2.04. The van der Waals surface area contributed by atoms with Gasteiger partial charge in [0.2, 0.25) is 5.91 Å². The molecule has 1 aliphatic heterocycles. The first kappa shape index (κ1) is 17.3. The van der Waals surface area contributed by atoms with Crippen LogP contribution >= 0.6 is 0 Å². The number of hydrogen-bond donors (Lipinski definition) is 1. The quantitative estimate of drug-likeness (QED) is 0.848. The Morgan fingerprint density at radius 3 is 2.39 bits per heavy atom. The molecule has 1 N–H and O–H groups in total. The monoisotopic (exact) mass is 318 g/mol. The average Bonchev–Trinajstić information content (AvgIpc) is 2.54. The van der Waals surface area contributed by atoms with Gasteiger partial charge in [-0.1, -0.05) is 18.2 Å². The van der Waals surface area contributed by atoms with Crippen LogP contribution in [0.25, 0.3) is 0 Å². The minimum Gasteiger partial charge on any atom is -0.466 e. The Bertz CT molecular complexity index is 543. The summed E-state index contributed by atoms with van der Waals surface area (Å²) >= 11 is 0. The molecule has 1 aliphatic rings. The third kappa shape index (κ3) is 4.47. The number of nitrogens with one attached hydrogen (secondary N) is 1. The summed E-state index contributed by atoms with van der Waals surface area (Å²) in [4.78, 5) is 25.9. The summed E-state index contributed by atoms with van der Waals surface area (Å²) in [6.07, 6.45) is 1.38. The molecule has 0 radical (unpaired) electrons. The highest BCUT2D eigenvalue weighted by Gasteiger charge is 2.28. The highest BCUT2D eigenvalue weighted by atomic mass is 16.5. The Morgan fingerprint density at radius 2 is 1.83 bits per heavy atom. The van der Waals surface area contributed by atoms with E-state index in [9.17, 15) is 9.59 Å². The second-order valence-corrected chi connectivity index (χ2v) is 6.03. The van der Waals surface area contributed by atoms with Crippen LogP contribution in [0.4, 0.5) is 5.69 Å². The second-order valence-electron chi connectivity index (χ2n) is 6.03. The van der Waals surface area contributed by atoms with Gasteiger partial charge < -0.3 is 15.0 Å². The lowest BCUT2D eigenvalue weighted by molar-refractivity contribution is -0.151. The standard InChI is InChI=1S/C18H26N2O3/c1-4-23-18(22)15-8-10-20(11-9-15)16(21)12-19-17-13(2)6-5-7-14(17)3/h5-7,15,19H,4,8-12H2,1-3H3. The fourth-order valence-corrected chi connectivity index (χ4v) is 2.99. The summed E-state index contributed by atoms with van der Waals surface area (Å²) in [5, 5.41) is 3.25. The lowest BCUT2D eigenvalue weighted by Gasteiger charge is -2.31. The minimum absolute atomic E-state index is 0.0643. The topological polar surface area (TPSA) is 58.6 Å². The summed E-state index contributed by atoms with van der Waals surface area (Å²) in [5.41, 5.74) is 3.31. The molecular weight excluding hydrogens is 292 g/mol. The molecule has 23 heavy (non-hydrogen) atoms. The third-order valence-corrected chi connectivity index (χ3v) is 4.37. The maximum Gasteiger partial charge on any atom is 0.309 e. The summed E-state index contributed by atoms with van der Waals surface area (Å²) in [6.45, 7) is 7.83. The summed E-state index contributed by atoms with van der Waals surface area (Å²) in [5.74, 6) is -0.117. The van der Waals surface area contributed by atoms with Gasteiger partial charge in [-0.25, -0.2) is 0 Å². The van der Waals surface area contributed by atoms with Crippen LogP contribution in [0.3, 0.4) is 0 Å². The van der Waals surface area contributed by atoms with Crippen molar-refractivity contribution in [3.8, 4) is 0 Å². The molecule has 1 aromatic rings. The van der Waals surface area contributed by atoms with Crippen molar-refractivity contribution in [2.45, 2.75) is 33.6 Å². The predicted octanol–water partition coefficient (Wildman–Crippen LogP) is 2.52. The van der Waals surface area contributed by atoms with Crippen molar-refractivity contribution in [3.05, 3.63) is 29.3 Å². The number of aryl methyl sites for hydroxylation is 2. The zero-order valence-electron chi connectivity index (χ0n) is 14.2. The molecule has 0 bridgehead atoms. The molecule has 0 aromatic heterocycles. The van der Waals surface area contributed by atoms with Crippen molar-refractivity contribution in [1.82, 2.24) is 4.90 Å². The van der Waals surface area contributed by atoms with Crippen LogP contribution in [0, 0.1) is 19.8 Å². The van der Waals surface area contributed by atoms with Gasteiger partial charge in [-0.2, -0.15) is 0 Å². The highest BCUT2D eigenvalue weighted by Crippen LogP contribution is 2.21. The molecule has 0 spiro atoms. The maximum atomic E-state index is 12.3. The number of rotatable bonds is 5. The number of likely N-dealkylation sites (tertiary alicyclic amines) is 1. The van der Waals surface area contributed by atoms with Crippen LogP contribution in [0.2, 0.25) is 0 Å². The number of piperidine rings is 1. The SMILES string of the molecule is CCOC(=O)C1CCN(C(=O)CNc2c(C)cccc2C)CC1. The lowest BCUT2D eigenvalue weighted by Crippen LogP contribution is -2.43. The Morgan fingerprint density at radius 1 is 1.22 bits per heavy atom. The fourth-order valence-electron chi connectivity index (χ4n) is 2.99. The molecule has 0 aliphatic carbocycles. The molecule has 1 heterocycles. The molecule has 1 saturated heterocycles. The van der Waals surface area contributed by atoms with Crippen LogP contribution in [-0.4, -0.2) is 43.0 Å². The van der Waals surface area contributed by atoms with Gasteiger partial charge in [-0.3, -0.25) is 9.59 Å². The first-order chi connectivity index (χ1) is 11.0. The zero-order valence-corrected chi connectivity index (χ0v) is 14.2. The number of nitrogens with zero attached hydrogens (tertiary/aromatic N) is 1. The molecule has 0 saturated carbocycles. The zero-order chi connectivity index (χ0) is 16.8. The van der Waals surface area contributed by atoms with Crippen LogP contribution < -0.4 is 5.32 Å². The molecule has 126 valence electrons. The van der Waals surface area contributed by atoms with Gasteiger partial charge in [0.05, 0.1) is 19.1 Å². The molecule has 1 aromatic carbocycles. The minimum atomic E-state index is -0.131. The fraction of sp³-hybridized carbons (Fsp3) is 0.556. The largest absolute Gasteiger partial charge is 0.466 e. The molecule has 5 heteroatoms. The first-order valence-electron chi connectivity index (χ1n) is 8.27. The van der Waals surface area contributed by atoms with Crippen LogP contribution in [-0.2, 0) is 14.3 Å². The van der Waals surface area contributed by atoms with Gasteiger partial charge in [0.25, 0.3) is 0 Å². The highest BCUT2D eigenvalue weighted by molar-refractivity contribution is 5.82. The van der Waals surface area contributed by atoms with E-state index in [4.69, 9.17) is 4.74 Å².